The van der Waals surface area contributed by atoms with Gasteiger partial charge in [-0.25, -0.2) is 0 Å². The molecular weight excluding hydrogens is 188 g/mol. The quantitative estimate of drug-likeness (QED) is 0.588. The highest BCUT2D eigenvalue weighted by Gasteiger charge is 2.35. The van der Waals surface area contributed by atoms with E-state index in [1.165, 1.54) is 0 Å². The molecule has 0 saturated heterocycles. The molecule has 2 heteroatoms. The van der Waals surface area contributed by atoms with E-state index in [1.807, 2.05) is 0 Å². The summed E-state index contributed by atoms with van der Waals surface area (Å²) < 4.78 is 0. The van der Waals surface area contributed by atoms with Crippen LogP contribution in [0.1, 0.15) is 41.5 Å². The standard InChI is InChI=1S/C12H27OSi/c1-10(2)7-14(13,8-11(3)4)9-12(5)6/h10-12H,7-9H2,1-6H3. The molecule has 85 valence electrons. The van der Waals surface area contributed by atoms with Crippen LogP contribution >= 0.6 is 0 Å². The molecule has 0 aliphatic heterocycles. The Labute approximate surface area is 91.1 Å². The Kier molecular flexibility index (Phi) is 5.99. The molecule has 1 radical (unpaired) electrons. The third-order valence-corrected chi connectivity index (χ3v) is 7.02. The Morgan fingerprint density at radius 2 is 0.929 bits per heavy atom. The van der Waals surface area contributed by atoms with Crippen LogP contribution in [0.15, 0.2) is 0 Å². The van der Waals surface area contributed by atoms with Crippen LogP contribution in [-0.4, -0.2) is 8.32 Å². The number of hydrogen-bond acceptors (Lipinski definition) is 0. The number of hydrogen-bond donors (Lipinski definition) is 0. The van der Waals surface area contributed by atoms with Gasteiger partial charge in [0.15, 0.2) is 0 Å². The molecule has 0 aliphatic carbocycles. The van der Waals surface area contributed by atoms with Gasteiger partial charge in [-0.1, -0.05) is 41.5 Å². The summed E-state index contributed by atoms with van der Waals surface area (Å²) in [4.78, 5) is 12.7. The lowest BCUT2D eigenvalue weighted by atomic mass is 10.3. The molecule has 0 amide bonds. The van der Waals surface area contributed by atoms with E-state index < -0.39 is 8.32 Å². The van der Waals surface area contributed by atoms with Gasteiger partial charge in [0.2, 0.25) is 8.32 Å². The van der Waals surface area contributed by atoms with Gasteiger partial charge >= 0.3 is 0 Å². The maximum Gasteiger partial charge on any atom is 0.238 e. The van der Waals surface area contributed by atoms with Crippen LogP contribution in [0.5, 0.6) is 0 Å². The first-order valence-electron chi connectivity index (χ1n) is 5.95. The van der Waals surface area contributed by atoms with Crippen molar-refractivity contribution in [1.82, 2.24) is 0 Å². The summed E-state index contributed by atoms with van der Waals surface area (Å²) in [6, 6.07) is 2.88. The highest BCUT2D eigenvalue weighted by Crippen LogP contribution is 2.29. The molecule has 0 aromatic rings. The van der Waals surface area contributed by atoms with Crippen LogP contribution in [0.2, 0.25) is 18.1 Å². The molecular formula is C12H27OSi. The summed E-state index contributed by atoms with van der Waals surface area (Å²) in [5.74, 6) is 1.74. The summed E-state index contributed by atoms with van der Waals surface area (Å²) in [5.41, 5.74) is 0. The first-order chi connectivity index (χ1) is 6.25. The molecule has 0 rings (SSSR count). The first kappa shape index (κ1) is 14.2. The zero-order valence-electron chi connectivity index (χ0n) is 10.8. The van der Waals surface area contributed by atoms with Gasteiger partial charge in [0.1, 0.15) is 0 Å². The van der Waals surface area contributed by atoms with E-state index in [1.54, 1.807) is 0 Å². The maximum atomic E-state index is 12.7. The van der Waals surface area contributed by atoms with Gasteiger partial charge in [0, 0.05) is 0 Å². The zero-order valence-corrected chi connectivity index (χ0v) is 11.8. The molecule has 1 nitrogen and oxygen atoms in total. The SMILES string of the molecule is CC(C)C[Si]([O])(CC(C)C)CC(C)C. The van der Waals surface area contributed by atoms with Crippen LogP contribution in [0.25, 0.3) is 0 Å². The second-order valence-corrected chi connectivity index (χ2v) is 9.57. The summed E-state index contributed by atoms with van der Waals surface area (Å²) in [5, 5.41) is 0. The Balaban J connectivity index is 4.32. The lowest BCUT2D eigenvalue weighted by molar-refractivity contribution is 0.380. The van der Waals surface area contributed by atoms with Gasteiger partial charge in [0.25, 0.3) is 0 Å². The maximum absolute atomic E-state index is 12.7. The summed E-state index contributed by atoms with van der Waals surface area (Å²) >= 11 is 0. The Morgan fingerprint density at radius 1 is 0.714 bits per heavy atom. The third kappa shape index (κ3) is 6.60. The first-order valence-corrected chi connectivity index (χ1v) is 8.48. The fraction of sp³-hybridized carbons (Fsp3) is 1.00. The van der Waals surface area contributed by atoms with Crippen molar-refractivity contribution in [2.24, 2.45) is 17.8 Å². The van der Waals surface area contributed by atoms with Crippen LogP contribution < -0.4 is 0 Å². The molecule has 0 spiro atoms. The van der Waals surface area contributed by atoms with E-state index in [0.717, 1.165) is 18.1 Å². The monoisotopic (exact) mass is 215 g/mol. The fourth-order valence-electron chi connectivity index (χ4n) is 2.48. The molecule has 0 N–H and O–H groups in total. The van der Waals surface area contributed by atoms with Crippen LogP contribution in [0, 0.1) is 17.8 Å². The normalized spacial score (nSPS) is 13.3. The Hall–Kier alpha value is 0.177. The van der Waals surface area contributed by atoms with Gasteiger partial charge in [-0.3, -0.25) is 4.80 Å². The molecule has 0 unspecified atom stereocenters. The van der Waals surface area contributed by atoms with Crippen LogP contribution in [-0.2, 0) is 4.80 Å². The van der Waals surface area contributed by atoms with Crippen molar-refractivity contribution in [3.63, 3.8) is 0 Å². The molecule has 0 heterocycles. The largest absolute Gasteiger partial charge is 0.297 e. The molecule has 14 heavy (non-hydrogen) atoms. The van der Waals surface area contributed by atoms with Gasteiger partial charge in [-0.05, 0) is 35.9 Å². The number of rotatable bonds is 6. The van der Waals surface area contributed by atoms with Crippen molar-refractivity contribution >= 4 is 8.32 Å². The minimum absolute atomic E-state index is 0.580. The van der Waals surface area contributed by atoms with Gasteiger partial charge in [0.05, 0.1) is 0 Å². The zero-order chi connectivity index (χ0) is 11.4. The second-order valence-electron chi connectivity index (χ2n) is 5.98. The van der Waals surface area contributed by atoms with Crippen LogP contribution in [0.3, 0.4) is 0 Å². The third-order valence-electron chi connectivity index (χ3n) is 2.34. The lowest BCUT2D eigenvalue weighted by Crippen LogP contribution is -2.37. The van der Waals surface area contributed by atoms with Crippen molar-refractivity contribution in [3.8, 4) is 0 Å². The van der Waals surface area contributed by atoms with Gasteiger partial charge < -0.3 is 0 Å². The van der Waals surface area contributed by atoms with E-state index in [4.69, 9.17) is 0 Å². The van der Waals surface area contributed by atoms with E-state index in [0.29, 0.717) is 17.8 Å². The van der Waals surface area contributed by atoms with Crippen LogP contribution in [0.4, 0.5) is 0 Å². The average Bonchev–Trinajstić information content (AvgIpc) is 1.76. The Bertz CT molecular complexity index is 126. The van der Waals surface area contributed by atoms with Crippen molar-refractivity contribution in [3.05, 3.63) is 0 Å². The summed E-state index contributed by atoms with van der Waals surface area (Å²) in [6.45, 7) is 13.1. The second kappa shape index (κ2) is 5.91. The van der Waals surface area contributed by atoms with Crippen molar-refractivity contribution in [2.45, 2.75) is 59.7 Å². The smallest absolute Gasteiger partial charge is 0.238 e. The van der Waals surface area contributed by atoms with E-state index >= 15 is 0 Å². The molecule has 0 atom stereocenters. The fourth-order valence-corrected chi connectivity index (χ4v) is 7.45. The molecule has 0 fully saturated rings. The van der Waals surface area contributed by atoms with E-state index in [2.05, 4.69) is 41.5 Å². The van der Waals surface area contributed by atoms with Gasteiger partial charge in [-0.15, -0.1) is 0 Å². The highest BCUT2D eigenvalue weighted by atomic mass is 28.4. The Morgan fingerprint density at radius 3 is 1.07 bits per heavy atom. The van der Waals surface area contributed by atoms with E-state index in [-0.39, 0.29) is 0 Å². The minimum atomic E-state index is -2.19. The minimum Gasteiger partial charge on any atom is -0.297 e. The molecule has 0 aliphatic rings. The van der Waals surface area contributed by atoms with E-state index in [9.17, 15) is 4.80 Å². The highest BCUT2D eigenvalue weighted by molar-refractivity contribution is 6.72. The molecule has 0 aromatic heterocycles. The molecule has 0 aromatic carbocycles. The van der Waals surface area contributed by atoms with Gasteiger partial charge in [-0.2, -0.15) is 0 Å². The van der Waals surface area contributed by atoms with Crippen molar-refractivity contribution < 1.29 is 4.80 Å². The average molecular weight is 215 g/mol. The van der Waals surface area contributed by atoms with Crippen molar-refractivity contribution in [1.29, 1.82) is 0 Å². The van der Waals surface area contributed by atoms with Crippen molar-refractivity contribution in [2.75, 3.05) is 0 Å². The topological polar surface area (TPSA) is 19.9 Å². The molecule has 0 saturated carbocycles. The summed E-state index contributed by atoms with van der Waals surface area (Å²) in [7, 11) is -2.19. The predicted molar refractivity (Wildman–Crippen MR) is 65.4 cm³/mol. The molecule has 0 bridgehead atoms. The summed E-state index contributed by atoms with van der Waals surface area (Å²) in [6.07, 6.45) is 0. The predicted octanol–water partition coefficient (Wildman–Crippen LogP) is 4.33. The lowest BCUT2D eigenvalue weighted by Gasteiger charge is -2.27.